The Kier molecular flexibility index (Phi) is 9.86. The Morgan fingerprint density at radius 1 is 1.17 bits per heavy atom. The lowest BCUT2D eigenvalue weighted by atomic mass is 9.96. The highest BCUT2D eigenvalue weighted by Gasteiger charge is 2.27. The summed E-state index contributed by atoms with van der Waals surface area (Å²) in [5.41, 5.74) is 0.981. The van der Waals surface area contributed by atoms with Gasteiger partial charge in [0.25, 0.3) is 0 Å². The Hall–Kier alpha value is -2.35. The number of urea groups is 1. The molecule has 1 aliphatic heterocycles. The minimum absolute atomic E-state index is 0.00108. The summed E-state index contributed by atoms with van der Waals surface area (Å²) in [6.45, 7) is 9.78. The third-order valence-corrected chi connectivity index (χ3v) is 5.72. The predicted molar refractivity (Wildman–Crippen MR) is 121 cm³/mol. The third-order valence-electron chi connectivity index (χ3n) is 5.72. The summed E-state index contributed by atoms with van der Waals surface area (Å²) >= 11 is 0. The highest BCUT2D eigenvalue weighted by atomic mass is 16.2. The fourth-order valence-corrected chi connectivity index (χ4v) is 3.80. The summed E-state index contributed by atoms with van der Waals surface area (Å²) in [6, 6.07) is 3.77. The molecule has 0 spiro atoms. The molecule has 0 bridgehead atoms. The van der Waals surface area contributed by atoms with Crippen LogP contribution in [0.3, 0.4) is 0 Å². The molecule has 1 fully saturated rings. The Labute approximate surface area is 181 Å². The molecule has 0 aliphatic carbocycles. The van der Waals surface area contributed by atoms with E-state index in [1.54, 1.807) is 11.1 Å². The average molecular weight is 419 g/mol. The van der Waals surface area contributed by atoms with Crippen LogP contribution < -0.4 is 15.5 Å². The highest BCUT2D eigenvalue weighted by molar-refractivity contribution is 5.79. The standard InChI is InChI=1S/C22H38N6O2/c1-5-27(6-2)14-8-13-24-21(29)18-10-15-28(16-11-18)22(30)25-17-19-9-7-12-23-20(19)26(3)4/h7,9,12,18H,5-6,8,10-11,13-17H2,1-4H3,(H,24,29)(H,25,30). The van der Waals surface area contributed by atoms with Gasteiger partial charge in [0.15, 0.2) is 0 Å². The van der Waals surface area contributed by atoms with E-state index in [9.17, 15) is 9.59 Å². The summed E-state index contributed by atoms with van der Waals surface area (Å²) in [5.74, 6) is 0.982. The van der Waals surface area contributed by atoms with Crippen LogP contribution in [0.1, 0.15) is 38.7 Å². The summed E-state index contributed by atoms with van der Waals surface area (Å²) in [5, 5.41) is 6.05. The molecule has 0 radical (unpaired) electrons. The fraction of sp³-hybridized carbons (Fsp3) is 0.682. The van der Waals surface area contributed by atoms with E-state index >= 15 is 0 Å². The average Bonchev–Trinajstić information content (AvgIpc) is 2.77. The zero-order valence-electron chi connectivity index (χ0n) is 19.0. The second kappa shape index (κ2) is 12.4. The fourth-order valence-electron chi connectivity index (χ4n) is 3.80. The van der Waals surface area contributed by atoms with Crippen molar-refractivity contribution >= 4 is 17.8 Å². The minimum Gasteiger partial charge on any atom is -0.362 e. The first-order valence-electron chi connectivity index (χ1n) is 11.1. The van der Waals surface area contributed by atoms with Crippen molar-refractivity contribution in [1.82, 2.24) is 25.4 Å². The largest absolute Gasteiger partial charge is 0.362 e. The molecule has 2 heterocycles. The smallest absolute Gasteiger partial charge is 0.317 e. The van der Waals surface area contributed by atoms with Gasteiger partial charge in [0, 0.05) is 58.0 Å². The molecule has 1 saturated heterocycles. The van der Waals surface area contributed by atoms with Crippen molar-refractivity contribution in [1.29, 1.82) is 0 Å². The van der Waals surface area contributed by atoms with Gasteiger partial charge in [-0.2, -0.15) is 0 Å². The van der Waals surface area contributed by atoms with Crippen LogP contribution in [0.4, 0.5) is 10.6 Å². The molecule has 0 aromatic carbocycles. The maximum absolute atomic E-state index is 12.5. The van der Waals surface area contributed by atoms with E-state index in [-0.39, 0.29) is 17.9 Å². The lowest BCUT2D eigenvalue weighted by Crippen LogP contribution is -2.47. The third kappa shape index (κ3) is 7.16. The van der Waals surface area contributed by atoms with Gasteiger partial charge in [-0.1, -0.05) is 19.9 Å². The number of hydrogen-bond donors (Lipinski definition) is 2. The normalized spacial score (nSPS) is 14.6. The molecule has 30 heavy (non-hydrogen) atoms. The molecule has 1 aliphatic rings. The van der Waals surface area contributed by atoms with Gasteiger partial charge in [-0.15, -0.1) is 0 Å². The molecular weight excluding hydrogens is 380 g/mol. The quantitative estimate of drug-likeness (QED) is 0.568. The second-order valence-electron chi connectivity index (χ2n) is 7.97. The van der Waals surface area contributed by atoms with Crippen molar-refractivity contribution in [3.05, 3.63) is 23.9 Å². The molecule has 2 N–H and O–H groups in total. The number of hydrogen-bond acceptors (Lipinski definition) is 5. The lowest BCUT2D eigenvalue weighted by Gasteiger charge is -2.31. The molecule has 168 valence electrons. The molecule has 1 aromatic heterocycles. The molecule has 2 rings (SSSR count). The van der Waals surface area contributed by atoms with Crippen LogP contribution in [-0.4, -0.2) is 80.1 Å². The molecule has 3 amide bonds. The first-order chi connectivity index (χ1) is 14.5. The molecule has 1 aromatic rings. The number of nitrogens with one attached hydrogen (secondary N) is 2. The van der Waals surface area contributed by atoms with Crippen LogP contribution in [0.25, 0.3) is 0 Å². The monoisotopic (exact) mass is 418 g/mol. The lowest BCUT2D eigenvalue weighted by molar-refractivity contribution is -0.126. The Morgan fingerprint density at radius 3 is 2.50 bits per heavy atom. The maximum atomic E-state index is 12.5. The van der Waals surface area contributed by atoms with E-state index in [1.165, 1.54) is 0 Å². The van der Waals surface area contributed by atoms with Crippen LogP contribution in [0.15, 0.2) is 18.3 Å². The topological polar surface area (TPSA) is 80.8 Å². The van der Waals surface area contributed by atoms with Crippen molar-refractivity contribution < 1.29 is 9.59 Å². The predicted octanol–water partition coefficient (Wildman–Crippen LogP) is 1.92. The van der Waals surface area contributed by atoms with E-state index in [0.717, 1.165) is 44.0 Å². The van der Waals surface area contributed by atoms with Crippen molar-refractivity contribution in [3.8, 4) is 0 Å². The molecule has 8 nitrogen and oxygen atoms in total. The maximum Gasteiger partial charge on any atom is 0.317 e. The number of rotatable bonds is 10. The molecule has 0 atom stereocenters. The van der Waals surface area contributed by atoms with Crippen LogP contribution in [0.2, 0.25) is 0 Å². The van der Waals surface area contributed by atoms with E-state index in [2.05, 4.69) is 34.4 Å². The Morgan fingerprint density at radius 2 is 1.87 bits per heavy atom. The van der Waals surface area contributed by atoms with E-state index in [1.807, 2.05) is 31.1 Å². The van der Waals surface area contributed by atoms with Gasteiger partial charge in [0.1, 0.15) is 5.82 Å². The van der Waals surface area contributed by atoms with Gasteiger partial charge in [-0.05, 0) is 45.0 Å². The van der Waals surface area contributed by atoms with Crippen molar-refractivity contribution in [2.24, 2.45) is 5.92 Å². The number of pyridine rings is 1. The Balaban J connectivity index is 1.69. The molecule has 0 unspecified atom stereocenters. The van der Waals surface area contributed by atoms with Crippen molar-refractivity contribution in [2.75, 3.05) is 58.3 Å². The number of piperidine rings is 1. The number of anilines is 1. The van der Waals surface area contributed by atoms with Gasteiger partial charge in [0.2, 0.25) is 5.91 Å². The first kappa shape index (κ1) is 23.9. The van der Waals surface area contributed by atoms with Crippen LogP contribution in [0.5, 0.6) is 0 Å². The number of aromatic nitrogens is 1. The SMILES string of the molecule is CCN(CC)CCCNC(=O)C1CCN(C(=O)NCc2cccnc2N(C)C)CC1. The number of amides is 3. The first-order valence-corrected chi connectivity index (χ1v) is 11.1. The number of likely N-dealkylation sites (tertiary alicyclic amines) is 1. The van der Waals surface area contributed by atoms with Gasteiger partial charge < -0.3 is 25.3 Å². The van der Waals surface area contributed by atoms with Crippen molar-refractivity contribution in [3.63, 3.8) is 0 Å². The van der Waals surface area contributed by atoms with E-state index in [0.29, 0.717) is 32.5 Å². The molecular formula is C22H38N6O2. The zero-order valence-corrected chi connectivity index (χ0v) is 19.0. The zero-order chi connectivity index (χ0) is 21.9. The number of carbonyl (C=O) groups is 2. The van der Waals surface area contributed by atoms with Gasteiger partial charge in [-0.3, -0.25) is 4.79 Å². The Bertz CT molecular complexity index is 669. The van der Waals surface area contributed by atoms with E-state index in [4.69, 9.17) is 0 Å². The highest BCUT2D eigenvalue weighted by Crippen LogP contribution is 2.18. The van der Waals surface area contributed by atoms with Gasteiger partial charge in [0.05, 0.1) is 0 Å². The molecule has 0 saturated carbocycles. The van der Waals surface area contributed by atoms with Crippen LogP contribution >= 0.6 is 0 Å². The minimum atomic E-state index is -0.0818. The van der Waals surface area contributed by atoms with Crippen molar-refractivity contribution in [2.45, 2.75) is 39.7 Å². The number of nitrogens with zero attached hydrogens (tertiary/aromatic N) is 4. The second-order valence-corrected chi connectivity index (χ2v) is 7.97. The summed E-state index contributed by atoms with van der Waals surface area (Å²) in [4.78, 5) is 35.4. The summed E-state index contributed by atoms with van der Waals surface area (Å²) in [7, 11) is 3.88. The summed E-state index contributed by atoms with van der Waals surface area (Å²) in [6.07, 6.45) is 4.15. The van der Waals surface area contributed by atoms with Gasteiger partial charge in [-0.25, -0.2) is 9.78 Å². The summed E-state index contributed by atoms with van der Waals surface area (Å²) < 4.78 is 0. The van der Waals surface area contributed by atoms with E-state index < -0.39 is 0 Å². The molecule has 8 heteroatoms. The van der Waals surface area contributed by atoms with Crippen LogP contribution in [-0.2, 0) is 11.3 Å². The van der Waals surface area contributed by atoms with Crippen LogP contribution in [0, 0.1) is 5.92 Å². The number of carbonyl (C=O) groups excluding carboxylic acids is 2. The van der Waals surface area contributed by atoms with Gasteiger partial charge >= 0.3 is 6.03 Å².